The molecule has 4 aromatic carbocycles. The number of rotatable bonds is 8. The highest BCUT2D eigenvalue weighted by atomic mass is 29.3. The molecule has 0 aliphatic carbocycles. The van der Waals surface area contributed by atoms with Crippen molar-refractivity contribution in [1.82, 2.24) is 0 Å². The molecule has 0 N–H and O–H groups in total. The molecule has 34 heavy (non-hydrogen) atoms. The van der Waals surface area contributed by atoms with E-state index in [1.165, 1.54) is 35.3 Å². The van der Waals surface area contributed by atoms with Crippen LogP contribution in [0, 0.1) is 0 Å². The summed E-state index contributed by atoms with van der Waals surface area (Å²) in [6, 6.07) is 45.7. The molecule has 1 fully saturated rings. The summed E-state index contributed by atoms with van der Waals surface area (Å²) in [5, 5.41) is 3.22. The molecule has 0 unspecified atom stereocenters. The third-order valence-corrected chi connectivity index (χ3v) is 26.9. The third-order valence-electron chi connectivity index (χ3n) is 7.82. The predicted octanol–water partition coefficient (Wildman–Crippen LogP) is 5.37. The average molecular weight is 481 g/mol. The Bertz CT molecular complexity index is 1120. The molecule has 0 bridgehead atoms. The van der Waals surface area contributed by atoms with Gasteiger partial charge in [-0.15, -0.1) is 0 Å². The van der Waals surface area contributed by atoms with Crippen molar-refractivity contribution in [3.8, 4) is 11.5 Å². The minimum absolute atomic E-state index is 0.929. The van der Waals surface area contributed by atoms with Crippen LogP contribution in [0.1, 0.15) is 11.1 Å². The van der Waals surface area contributed by atoms with Gasteiger partial charge < -0.3 is 9.47 Å². The van der Waals surface area contributed by atoms with Gasteiger partial charge in [-0.25, -0.2) is 0 Å². The molecule has 0 amide bonds. The summed E-state index contributed by atoms with van der Waals surface area (Å²) in [4.78, 5) is 0. The Morgan fingerprint density at radius 2 is 0.941 bits per heavy atom. The lowest BCUT2D eigenvalue weighted by Gasteiger charge is -2.58. The molecule has 172 valence electrons. The summed E-state index contributed by atoms with van der Waals surface area (Å²) < 4.78 is 10.9. The summed E-state index contributed by atoms with van der Waals surface area (Å²) in [5.74, 6) is 1.86. The van der Waals surface area contributed by atoms with Gasteiger partial charge in [0, 0.05) is 0 Å². The van der Waals surface area contributed by atoms with Crippen LogP contribution >= 0.6 is 0 Å². The highest BCUT2D eigenvalue weighted by Crippen LogP contribution is 2.44. The number of hydrogen-bond acceptors (Lipinski definition) is 2. The molecule has 4 heteroatoms. The molecular formula is C30H32O2Si2. The Hall–Kier alpha value is -3.09. The van der Waals surface area contributed by atoms with E-state index in [9.17, 15) is 0 Å². The fraction of sp³-hybridized carbons (Fsp3) is 0.200. The fourth-order valence-electron chi connectivity index (χ4n) is 6.05. The van der Waals surface area contributed by atoms with Gasteiger partial charge in [0.05, 0.1) is 21.8 Å². The molecule has 2 nitrogen and oxygen atoms in total. The Morgan fingerprint density at radius 3 is 1.26 bits per heavy atom. The fourth-order valence-corrected chi connectivity index (χ4v) is 26.4. The zero-order valence-electron chi connectivity index (χ0n) is 20.0. The van der Waals surface area contributed by atoms with E-state index in [2.05, 4.69) is 109 Å². The Labute approximate surface area is 205 Å². The highest BCUT2D eigenvalue weighted by Gasteiger charge is 2.63. The molecular weight excluding hydrogens is 449 g/mol. The van der Waals surface area contributed by atoms with Crippen molar-refractivity contribution >= 4 is 25.6 Å². The van der Waals surface area contributed by atoms with Crippen LogP contribution in [-0.4, -0.2) is 29.4 Å². The normalized spacial score (nSPS) is 15.8. The first-order chi connectivity index (χ1) is 16.7. The smallest absolute Gasteiger partial charge is 0.118 e. The van der Waals surface area contributed by atoms with Gasteiger partial charge in [0.1, 0.15) is 19.1 Å². The van der Waals surface area contributed by atoms with Gasteiger partial charge in [-0.1, -0.05) is 119 Å². The van der Waals surface area contributed by atoms with Crippen LogP contribution in [0.15, 0.2) is 109 Å². The monoisotopic (exact) mass is 480 g/mol. The van der Waals surface area contributed by atoms with Crippen LogP contribution in [-0.2, 0) is 12.1 Å². The van der Waals surface area contributed by atoms with Crippen LogP contribution in [0.3, 0.4) is 0 Å². The molecule has 1 saturated heterocycles. The summed E-state index contributed by atoms with van der Waals surface area (Å²) >= 11 is 0. The number of ether oxygens (including phenoxy) is 2. The summed E-state index contributed by atoms with van der Waals surface area (Å²) in [6.45, 7) is 0. The van der Waals surface area contributed by atoms with Crippen LogP contribution in [0.4, 0.5) is 0 Å². The minimum atomic E-state index is -1.91. The maximum atomic E-state index is 5.44. The van der Waals surface area contributed by atoms with Gasteiger partial charge in [0.2, 0.25) is 0 Å². The molecule has 5 rings (SSSR count). The highest BCUT2D eigenvalue weighted by molar-refractivity contribution is 7.55. The zero-order valence-corrected chi connectivity index (χ0v) is 22.0. The quantitative estimate of drug-likeness (QED) is 0.316. The molecule has 1 heterocycles. The van der Waals surface area contributed by atoms with Gasteiger partial charge in [-0.3, -0.25) is 0 Å². The van der Waals surface area contributed by atoms with Crippen LogP contribution in [0.25, 0.3) is 0 Å². The van der Waals surface area contributed by atoms with E-state index in [1.54, 1.807) is 24.6 Å². The van der Waals surface area contributed by atoms with E-state index in [4.69, 9.17) is 9.47 Å². The Morgan fingerprint density at radius 1 is 0.529 bits per heavy atom. The summed E-state index contributed by atoms with van der Waals surface area (Å²) in [7, 11) is -0.212. The third kappa shape index (κ3) is 4.01. The maximum absolute atomic E-state index is 5.44. The predicted molar refractivity (Wildman–Crippen MR) is 147 cm³/mol. The first-order valence-electron chi connectivity index (χ1n) is 12.1. The van der Waals surface area contributed by atoms with Gasteiger partial charge in [0.15, 0.2) is 0 Å². The lowest BCUT2D eigenvalue weighted by atomic mass is 10.2. The topological polar surface area (TPSA) is 18.5 Å². The van der Waals surface area contributed by atoms with Crippen LogP contribution < -0.4 is 19.8 Å². The molecule has 1 aliphatic rings. The van der Waals surface area contributed by atoms with E-state index < -0.39 is 15.2 Å². The standard InChI is InChI=1S/C30H32O2Si2/c1-31-27-17-13-25(14-18-27)23-33(24-26-15-19-28(32-2)20-16-26)21-22-34(33,29-9-5-3-6-10-29)30-11-7-4-8-12-30/h3-20H,21-24H2,1-2H3. The van der Waals surface area contributed by atoms with E-state index in [1.807, 2.05) is 0 Å². The van der Waals surface area contributed by atoms with Crippen molar-refractivity contribution in [2.45, 2.75) is 24.2 Å². The van der Waals surface area contributed by atoms with E-state index in [-0.39, 0.29) is 0 Å². The van der Waals surface area contributed by atoms with E-state index >= 15 is 0 Å². The maximum Gasteiger partial charge on any atom is 0.118 e. The zero-order chi connectivity index (χ0) is 23.4. The van der Waals surface area contributed by atoms with Crippen molar-refractivity contribution < 1.29 is 9.47 Å². The van der Waals surface area contributed by atoms with Crippen molar-refractivity contribution in [2.75, 3.05) is 14.2 Å². The van der Waals surface area contributed by atoms with Gasteiger partial charge in [-0.2, -0.15) is 0 Å². The van der Waals surface area contributed by atoms with Gasteiger partial charge in [-0.05, 0) is 36.4 Å². The minimum Gasteiger partial charge on any atom is -0.497 e. The first kappa shape index (κ1) is 22.7. The number of methoxy groups -OCH3 is 2. The van der Waals surface area contributed by atoms with E-state index in [0.717, 1.165) is 11.5 Å². The van der Waals surface area contributed by atoms with Gasteiger partial charge in [0.25, 0.3) is 0 Å². The van der Waals surface area contributed by atoms with Crippen LogP contribution in [0.2, 0.25) is 12.1 Å². The van der Waals surface area contributed by atoms with Crippen molar-refractivity contribution in [3.05, 3.63) is 120 Å². The second kappa shape index (κ2) is 9.65. The number of hydrogen-bond donors (Lipinski definition) is 0. The average Bonchev–Trinajstić information content (AvgIpc) is 2.90. The van der Waals surface area contributed by atoms with Crippen molar-refractivity contribution in [1.29, 1.82) is 0 Å². The SMILES string of the molecule is COc1ccc(C[Si]2(Cc3ccc(OC)cc3)CC[Si]2(c2ccccc2)c2ccccc2)cc1. The summed E-state index contributed by atoms with van der Waals surface area (Å²) in [6.07, 6.45) is 0. The molecule has 0 atom stereocenters. The molecule has 0 spiro atoms. The molecule has 1 aliphatic heterocycles. The Kier molecular flexibility index (Phi) is 6.44. The largest absolute Gasteiger partial charge is 0.497 e. The van der Waals surface area contributed by atoms with Crippen molar-refractivity contribution in [3.63, 3.8) is 0 Å². The molecule has 0 aromatic heterocycles. The molecule has 4 aromatic rings. The summed E-state index contributed by atoms with van der Waals surface area (Å²) in [5.41, 5.74) is 2.90. The van der Waals surface area contributed by atoms with E-state index in [0.29, 0.717) is 0 Å². The first-order valence-corrected chi connectivity index (χ1v) is 17.9. The lowest BCUT2D eigenvalue weighted by molar-refractivity contribution is 0.414. The Balaban J connectivity index is 1.64. The van der Waals surface area contributed by atoms with Gasteiger partial charge >= 0.3 is 0 Å². The number of benzene rings is 4. The van der Waals surface area contributed by atoms with Crippen LogP contribution in [0.5, 0.6) is 11.5 Å². The molecule has 0 saturated carbocycles. The van der Waals surface area contributed by atoms with Crippen molar-refractivity contribution in [2.24, 2.45) is 0 Å². The second-order valence-corrected chi connectivity index (χ2v) is 22.4. The second-order valence-electron chi connectivity index (χ2n) is 9.47. The lowest BCUT2D eigenvalue weighted by Crippen LogP contribution is -2.84. The molecule has 0 radical (unpaired) electrons.